The first-order chi connectivity index (χ1) is 8.63. The molecule has 18 heavy (non-hydrogen) atoms. The second kappa shape index (κ2) is 6.21. The molecule has 1 aliphatic rings. The van der Waals surface area contributed by atoms with Gasteiger partial charge in [-0.3, -0.25) is 4.79 Å². The molecule has 0 spiro atoms. The Morgan fingerprint density at radius 3 is 3.00 bits per heavy atom. The summed E-state index contributed by atoms with van der Waals surface area (Å²) in [6.45, 7) is 1.33. The predicted molar refractivity (Wildman–Crippen MR) is 81.9 cm³/mol. The quantitative estimate of drug-likeness (QED) is 0.804. The maximum atomic E-state index is 12.5. The first-order valence-corrected chi connectivity index (χ1v) is 7.55. The molecule has 3 nitrogen and oxygen atoms in total. The van der Waals surface area contributed by atoms with Crippen LogP contribution in [0.4, 0.5) is 0 Å². The lowest BCUT2D eigenvalue weighted by Gasteiger charge is -2.35. The Kier molecular flexibility index (Phi) is 4.86. The van der Waals surface area contributed by atoms with Gasteiger partial charge in [-0.25, -0.2) is 0 Å². The van der Waals surface area contributed by atoms with Crippen LogP contribution in [0.1, 0.15) is 29.6 Å². The maximum absolute atomic E-state index is 12.5. The van der Waals surface area contributed by atoms with Gasteiger partial charge in [-0.1, -0.05) is 11.6 Å². The lowest BCUT2D eigenvalue weighted by molar-refractivity contribution is 0.0622. The number of piperidine rings is 1. The van der Waals surface area contributed by atoms with E-state index < -0.39 is 0 Å². The average Bonchev–Trinajstić information content (AvgIpc) is 2.40. The zero-order chi connectivity index (χ0) is 13.1. The lowest BCUT2D eigenvalue weighted by atomic mass is 10.0. The molecule has 1 heterocycles. The number of carbonyl (C=O) groups excluding carboxylic acids is 1. The number of hydrogen-bond acceptors (Lipinski definition) is 2. The van der Waals surface area contributed by atoms with Crippen molar-refractivity contribution in [1.29, 1.82) is 0 Å². The highest BCUT2D eigenvalue weighted by molar-refractivity contribution is 14.1. The molecule has 1 aliphatic heterocycles. The van der Waals surface area contributed by atoms with Gasteiger partial charge in [0.25, 0.3) is 5.91 Å². The molecule has 0 aromatic heterocycles. The van der Waals surface area contributed by atoms with E-state index in [2.05, 4.69) is 22.6 Å². The number of nitrogens with two attached hydrogens (primary N) is 1. The zero-order valence-electron chi connectivity index (χ0n) is 10.0. The molecule has 1 aromatic carbocycles. The van der Waals surface area contributed by atoms with Gasteiger partial charge >= 0.3 is 0 Å². The SMILES string of the molecule is NCC1CCCCN1C(=O)c1cc(Cl)ccc1I. The Balaban J connectivity index is 2.26. The highest BCUT2D eigenvalue weighted by Crippen LogP contribution is 2.23. The number of benzene rings is 1. The second-order valence-corrected chi connectivity index (χ2v) is 6.11. The molecule has 0 aliphatic carbocycles. The summed E-state index contributed by atoms with van der Waals surface area (Å²) in [4.78, 5) is 14.4. The van der Waals surface area contributed by atoms with Crippen LogP contribution in [-0.2, 0) is 0 Å². The number of hydrogen-bond donors (Lipinski definition) is 1. The van der Waals surface area contributed by atoms with Crippen molar-refractivity contribution in [3.63, 3.8) is 0 Å². The first-order valence-electron chi connectivity index (χ1n) is 6.09. The van der Waals surface area contributed by atoms with Gasteiger partial charge < -0.3 is 10.6 Å². The highest BCUT2D eigenvalue weighted by Gasteiger charge is 2.27. The van der Waals surface area contributed by atoms with Crippen LogP contribution in [0.15, 0.2) is 18.2 Å². The average molecular weight is 379 g/mol. The molecule has 1 saturated heterocycles. The van der Waals surface area contributed by atoms with E-state index in [1.807, 2.05) is 11.0 Å². The second-order valence-electron chi connectivity index (χ2n) is 4.51. The van der Waals surface area contributed by atoms with E-state index in [9.17, 15) is 4.79 Å². The minimum Gasteiger partial charge on any atom is -0.334 e. The van der Waals surface area contributed by atoms with E-state index in [4.69, 9.17) is 17.3 Å². The third-order valence-electron chi connectivity index (χ3n) is 3.32. The van der Waals surface area contributed by atoms with Crippen LogP contribution in [0.25, 0.3) is 0 Å². The van der Waals surface area contributed by atoms with Crippen molar-refractivity contribution in [2.45, 2.75) is 25.3 Å². The van der Waals surface area contributed by atoms with E-state index in [1.165, 1.54) is 0 Å². The molecule has 1 atom stereocenters. The standard InChI is InChI=1S/C13H16ClIN2O/c14-9-4-5-12(15)11(7-9)13(18)17-6-2-1-3-10(17)8-16/h4-5,7,10H,1-3,6,8,16H2. The molecular weight excluding hydrogens is 363 g/mol. The molecule has 5 heteroatoms. The number of amides is 1. The van der Waals surface area contributed by atoms with Crippen LogP contribution in [0.5, 0.6) is 0 Å². The molecule has 98 valence electrons. The van der Waals surface area contributed by atoms with E-state index in [0.29, 0.717) is 17.1 Å². The minimum absolute atomic E-state index is 0.0528. The number of likely N-dealkylation sites (tertiary alicyclic amines) is 1. The van der Waals surface area contributed by atoms with Crippen molar-refractivity contribution in [2.24, 2.45) is 5.73 Å². The molecular formula is C13H16ClIN2O. The normalized spacial score (nSPS) is 19.9. The molecule has 0 saturated carbocycles. The minimum atomic E-state index is 0.0528. The predicted octanol–water partition coefficient (Wildman–Crippen LogP) is 2.90. The Bertz CT molecular complexity index is 453. The summed E-state index contributed by atoms with van der Waals surface area (Å²) in [5.41, 5.74) is 6.44. The van der Waals surface area contributed by atoms with Crippen LogP contribution in [0.2, 0.25) is 5.02 Å². The molecule has 1 fully saturated rings. The zero-order valence-corrected chi connectivity index (χ0v) is 12.9. The third kappa shape index (κ3) is 2.97. The molecule has 1 unspecified atom stereocenters. The summed E-state index contributed by atoms with van der Waals surface area (Å²) in [6.07, 6.45) is 3.21. The van der Waals surface area contributed by atoms with Crippen molar-refractivity contribution in [3.05, 3.63) is 32.4 Å². The molecule has 2 rings (SSSR count). The Morgan fingerprint density at radius 1 is 1.50 bits per heavy atom. The number of nitrogens with zero attached hydrogens (tertiary/aromatic N) is 1. The number of carbonyl (C=O) groups is 1. The fourth-order valence-electron chi connectivity index (χ4n) is 2.33. The third-order valence-corrected chi connectivity index (χ3v) is 4.49. The highest BCUT2D eigenvalue weighted by atomic mass is 127. The van der Waals surface area contributed by atoms with E-state index in [-0.39, 0.29) is 11.9 Å². The van der Waals surface area contributed by atoms with E-state index >= 15 is 0 Å². The van der Waals surface area contributed by atoms with Crippen LogP contribution < -0.4 is 5.73 Å². The summed E-state index contributed by atoms with van der Waals surface area (Å²) >= 11 is 8.14. The van der Waals surface area contributed by atoms with Crippen molar-refractivity contribution in [3.8, 4) is 0 Å². The van der Waals surface area contributed by atoms with E-state index in [0.717, 1.165) is 29.4 Å². The largest absolute Gasteiger partial charge is 0.334 e. The van der Waals surface area contributed by atoms with Crippen molar-refractivity contribution in [2.75, 3.05) is 13.1 Å². The molecule has 2 N–H and O–H groups in total. The van der Waals surface area contributed by atoms with Crippen molar-refractivity contribution >= 4 is 40.1 Å². The van der Waals surface area contributed by atoms with Gasteiger partial charge in [0.2, 0.25) is 0 Å². The van der Waals surface area contributed by atoms with Gasteiger partial charge in [-0.05, 0) is 60.1 Å². The van der Waals surface area contributed by atoms with Crippen LogP contribution >= 0.6 is 34.2 Å². The Morgan fingerprint density at radius 2 is 2.28 bits per heavy atom. The van der Waals surface area contributed by atoms with Crippen LogP contribution in [0, 0.1) is 3.57 Å². The fourth-order valence-corrected chi connectivity index (χ4v) is 3.07. The Labute approximate surface area is 126 Å². The topological polar surface area (TPSA) is 46.3 Å². The molecule has 1 aromatic rings. The van der Waals surface area contributed by atoms with E-state index in [1.54, 1.807) is 12.1 Å². The van der Waals surface area contributed by atoms with Gasteiger partial charge in [0.05, 0.1) is 5.56 Å². The summed E-state index contributed by atoms with van der Waals surface area (Å²) in [5.74, 6) is 0.0528. The summed E-state index contributed by atoms with van der Waals surface area (Å²) in [6, 6.07) is 5.59. The maximum Gasteiger partial charge on any atom is 0.255 e. The summed E-state index contributed by atoms with van der Waals surface area (Å²) < 4.78 is 0.934. The van der Waals surface area contributed by atoms with Crippen molar-refractivity contribution in [1.82, 2.24) is 4.90 Å². The van der Waals surface area contributed by atoms with Crippen LogP contribution in [0.3, 0.4) is 0 Å². The number of rotatable bonds is 2. The molecule has 0 radical (unpaired) electrons. The van der Waals surface area contributed by atoms with Gasteiger partial charge in [0.15, 0.2) is 0 Å². The van der Waals surface area contributed by atoms with Crippen LogP contribution in [-0.4, -0.2) is 29.9 Å². The van der Waals surface area contributed by atoms with Crippen molar-refractivity contribution < 1.29 is 4.79 Å². The van der Waals surface area contributed by atoms with Gasteiger partial charge in [-0.15, -0.1) is 0 Å². The fraction of sp³-hybridized carbons (Fsp3) is 0.462. The van der Waals surface area contributed by atoms with Gasteiger partial charge in [-0.2, -0.15) is 0 Å². The summed E-state index contributed by atoms with van der Waals surface area (Å²) in [7, 11) is 0. The molecule has 0 bridgehead atoms. The monoisotopic (exact) mass is 378 g/mol. The van der Waals surface area contributed by atoms with Gasteiger partial charge in [0, 0.05) is 27.7 Å². The summed E-state index contributed by atoms with van der Waals surface area (Å²) in [5, 5.41) is 0.597. The van der Waals surface area contributed by atoms with Gasteiger partial charge in [0.1, 0.15) is 0 Å². The lowest BCUT2D eigenvalue weighted by Crippen LogP contribution is -2.47. The first kappa shape index (κ1) is 14.1. The number of halogens is 2. The Hall–Kier alpha value is -0.330. The molecule has 1 amide bonds. The smallest absolute Gasteiger partial charge is 0.255 e.